The van der Waals surface area contributed by atoms with Crippen molar-refractivity contribution >= 4 is 23.0 Å². The Morgan fingerprint density at radius 1 is 1.42 bits per heavy atom. The van der Waals surface area contributed by atoms with E-state index in [4.69, 9.17) is 10.5 Å². The molecule has 0 aliphatic rings. The molecule has 0 fully saturated rings. The van der Waals surface area contributed by atoms with E-state index in [2.05, 4.69) is 32.1 Å². The summed E-state index contributed by atoms with van der Waals surface area (Å²) in [5.74, 6) is 1.82. The molecular weight excluding hydrogens is 260 g/mol. The summed E-state index contributed by atoms with van der Waals surface area (Å²) in [6, 6.07) is 3.87. The Bertz CT molecular complexity index is 501. The van der Waals surface area contributed by atoms with Crippen molar-refractivity contribution in [2.45, 2.75) is 20.0 Å². The first-order valence-electron chi connectivity index (χ1n) is 6.24. The van der Waals surface area contributed by atoms with Crippen LogP contribution in [0.1, 0.15) is 18.3 Å². The Balaban J connectivity index is 1.90. The van der Waals surface area contributed by atoms with Gasteiger partial charge in [0.15, 0.2) is 5.82 Å². The Morgan fingerprint density at radius 2 is 2.32 bits per heavy atom. The van der Waals surface area contributed by atoms with Crippen LogP contribution in [0.4, 0.5) is 11.6 Å². The summed E-state index contributed by atoms with van der Waals surface area (Å²) < 4.78 is 5.29. The minimum Gasteiger partial charge on any atom is -0.384 e. The van der Waals surface area contributed by atoms with Crippen molar-refractivity contribution in [3.8, 4) is 0 Å². The smallest absolute Gasteiger partial charge is 0.158 e. The molecule has 2 heterocycles. The Kier molecular flexibility index (Phi) is 5.11. The van der Waals surface area contributed by atoms with Crippen LogP contribution in [0, 0.1) is 0 Å². The molecule has 2 aromatic heterocycles. The zero-order valence-corrected chi connectivity index (χ0v) is 11.7. The van der Waals surface area contributed by atoms with Gasteiger partial charge < -0.3 is 15.8 Å². The van der Waals surface area contributed by atoms with Crippen molar-refractivity contribution < 1.29 is 4.74 Å². The molecule has 2 rings (SSSR count). The van der Waals surface area contributed by atoms with E-state index in [0.29, 0.717) is 24.9 Å². The lowest BCUT2D eigenvalue weighted by Crippen LogP contribution is -2.10. The van der Waals surface area contributed by atoms with E-state index >= 15 is 0 Å². The summed E-state index contributed by atoms with van der Waals surface area (Å²) in [5, 5.41) is 7.49. The van der Waals surface area contributed by atoms with Crippen LogP contribution in [0.2, 0.25) is 0 Å². The number of nitrogens with zero attached hydrogens (tertiary/aromatic N) is 2. The number of anilines is 2. The molecular formula is C13H18N4OS. The minimum atomic E-state index is 0.390. The Hall–Kier alpha value is -1.66. The summed E-state index contributed by atoms with van der Waals surface area (Å²) >= 11 is 1.71. The molecule has 102 valence electrons. The van der Waals surface area contributed by atoms with Crippen LogP contribution in [0.15, 0.2) is 22.9 Å². The van der Waals surface area contributed by atoms with E-state index in [9.17, 15) is 0 Å². The zero-order valence-electron chi connectivity index (χ0n) is 10.9. The van der Waals surface area contributed by atoms with Gasteiger partial charge in [0, 0.05) is 19.2 Å². The molecule has 0 atom stereocenters. The molecule has 0 aliphatic carbocycles. The third kappa shape index (κ3) is 4.50. The molecule has 0 amide bonds. The lowest BCUT2D eigenvalue weighted by molar-refractivity contribution is 0.128. The summed E-state index contributed by atoms with van der Waals surface area (Å²) in [7, 11) is 0. The first-order valence-corrected chi connectivity index (χ1v) is 7.18. The van der Waals surface area contributed by atoms with Gasteiger partial charge in [0.1, 0.15) is 18.2 Å². The molecule has 0 aromatic carbocycles. The van der Waals surface area contributed by atoms with Crippen LogP contribution in [0.3, 0.4) is 0 Å². The van der Waals surface area contributed by atoms with E-state index in [1.54, 1.807) is 17.4 Å². The molecule has 19 heavy (non-hydrogen) atoms. The van der Waals surface area contributed by atoms with E-state index in [1.807, 2.05) is 6.92 Å². The normalized spacial score (nSPS) is 10.6. The van der Waals surface area contributed by atoms with E-state index in [1.165, 1.54) is 5.56 Å². The third-order valence-corrected chi connectivity index (χ3v) is 3.26. The maximum Gasteiger partial charge on any atom is 0.158 e. The number of ether oxygens (including phenoxy) is 1. The van der Waals surface area contributed by atoms with Gasteiger partial charge in [-0.25, -0.2) is 9.97 Å². The Labute approximate surface area is 116 Å². The highest BCUT2D eigenvalue weighted by Gasteiger charge is 2.03. The second-order valence-electron chi connectivity index (χ2n) is 4.04. The highest BCUT2D eigenvalue weighted by molar-refractivity contribution is 7.07. The van der Waals surface area contributed by atoms with Crippen molar-refractivity contribution in [3.63, 3.8) is 0 Å². The van der Waals surface area contributed by atoms with E-state index in [0.717, 1.165) is 18.8 Å². The van der Waals surface area contributed by atoms with E-state index in [-0.39, 0.29) is 0 Å². The number of aromatic nitrogens is 2. The molecule has 6 heteroatoms. The van der Waals surface area contributed by atoms with Crippen LogP contribution < -0.4 is 11.1 Å². The number of nitrogens with one attached hydrogen (secondary N) is 1. The van der Waals surface area contributed by atoms with Gasteiger partial charge in [0.25, 0.3) is 0 Å². The molecule has 5 nitrogen and oxygen atoms in total. The number of nitrogens with two attached hydrogens (primary N) is 1. The summed E-state index contributed by atoms with van der Waals surface area (Å²) in [5.41, 5.74) is 7.08. The summed E-state index contributed by atoms with van der Waals surface area (Å²) in [6.45, 7) is 3.79. The average molecular weight is 278 g/mol. The Morgan fingerprint density at radius 3 is 3.05 bits per heavy atom. The number of hydrogen-bond acceptors (Lipinski definition) is 6. The van der Waals surface area contributed by atoms with Gasteiger partial charge in [-0.15, -0.1) is 0 Å². The molecule has 0 spiro atoms. The van der Waals surface area contributed by atoms with Crippen LogP contribution in [0.5, 0.6) is 0 Å². The highest BCUT2D eigenvalue weighted by atomic mass is 32.1. The molecule has 0 saturated carbocycles. The molecule has 2 aromatic rings. The summed E-state index contributed by atoms with van der Waals surface area (Å²) in [4.78, 5) is 8.50. The number of hydrogen-bond donors (Lipinski definition) is 2. The third-order valence-electron chi connectivity index (χ3n) is 2.53. The lowest BCUT2D eigenvalue weighted by Gasteiger charge is -2.08. The SMILES string of the molecule is CCOCc1nc(N)cc(NCCc2ccsc2)n1. The first-order chi connectivity index (χ1) is 9.28. The van der Waals surface area contributed by atoms with Gasteiger partial charge in [0.2, 0.25) is 0 Å². The number of nitrogen functional groups attached to an aromatic ring is 1. The number of rotatable bonds is 7. The second kappa shape index (κ2) is 7.06. The molecule has 0 unspecified atom stereocenters. The van der Waals surface area contributed by atoms with Crippen molar-refractivity contribution in [1.82, 2.24) is 9.97 Å². The fourth-order valence-electron chi connectivity index (χ4n) is 1.64. The predicted molar refractivity (Wildman–Crippen MR) is 78.3 cm³/mol. The van der Waals surface area contributed by atoms with Gasteiger partial charge in [0.05, 0.1) is 0 Å². The van der Waals surface area contributed by atoms with Crippen molar-refractivity contribution in [2.24, 2.45) is 0 Å². The summed E-state index contributed by atoms with van der Waals surface area (Å²) in [6.07, 6.45) is 0.966. The first kappa shape index (κ1) is 13.8. The van der Waals surface area contributed by atoms with Gasteiger partial charge >= 0.3 is 0 Å². The van der Waals surface area contributed by atoms with Gasteiger partial charge in [-0.1, -0.05) is 0 Å². The average Bonchev–Trinajstić information content (AvgIpc) is 2.89. The molecule has 0 radical (unpaired) electrons. The van der Waals surface area contributed by atoms with Crippen molar-refractivity contribution in [3.05, 3.63) is 34.3 Å². The van der Waals surface area contributed by atoms with Gasteiger partial charge in [-0.05, 0) is 35.7 Å². The van der Waals surface area contributed by atoms with E-state index < -0.39 is 0 Å². The molecule has 0 aliphatic heterocycles. The standard InChI is InChI=1S/C13H18N4OS/c1-2-18-8-13-16-11(14)7-12(17-13)15-5-3-10-4-6-19-9-10/h4,6-7,9H,2-3,5,8H2,1H3,(H3,14,15,16,17). The molecule has 0 saturated heterocycles. The van der Waals surface area contributed by atoms with Gasteiger partial charge in [-0.3, -0.25) is 0 Å². The fourth-order valence-corrected chi connectivity index (χ4v) is 2.34. The maximum absolute atomic E-state index is 5.75. The predicted octanol–water partition coefficient (Wildman–Crippen LogP) is 2.31. The maximum atomic E-state index is 5.75. The van der Waals surface area contributed by atoms with Gasteiger partial charge in [-0.2, -0.15) is 11.3 Å². The second-order valence-corrected chi connectivity index (χ2v) is 4.82. The largest absolute Gasteiger partial charge is 0.384 e. The monoisotopic (exact) mass is 278 g/mol. The molecule has 0 bridgehead atoms. The minimum absolute atomic E-state index is 0.390. The molecule has 3 N–H and O–H groups in total. The quantitative estimate of drug-likeness (QED) is 0.813. The topological polar surface area (TPSA) is 73.1 Å². The van der Waals surface area contributed by atoms with Crippen molar-refractivity contribution in [1.29, 1.82) is 0 Å². The van der Waals surface area contributed by atoms with Crippen LogP contribution in [0.25, 0.3) is 0 Å². The van der Waals surface area contributed by atoms with Crippen LogP contribution in [-0.4, -0.2) is 23.1 Å². The lowest BCUT2D eigenvalue weighted by atomic mass is 10.2. The fraction of sp³-hybridized carbons (Fsp3) is 0.385. The zero-order chi connectivity index (χ0) is 13.5. The van der Waals surface area contributed by atoms with Crippen LogP contribution in [-0.2, 0) is 17.8 Å². The number of thiophene rings is 1. The highest BCUT2D eigenvalue weighted by Crippen LogP contribution is 2.10. The van der Waals surface area contributed by atoms with Crippen molar-refractivity contribution in [2.75, 3.05) is 24.2 Å². The van der Waals surface area contributed by atoms with Crippen LogP contribution >= 0.6 is 11.3 Å².